The van der Waals surface area contributed by atoms with Crippen molar-refractivity contribution in [1.29, 1.82) is 0 Å². The van der Waals surface area contributed by atoms with Crippen molar-refractivity contribution in [3.63, 3.8) is 0 Å². The highest BCUT2D eigenvalue weighted by atomic mass is 16.5. The van der Waals surface area contributed by atoms with E-state index in [4.69, 9.17) is 5.21 Å². The molecular weight excluding hydrogens is 342 g/mol. The Morgan fingerprint density at radius 1 is 0.963 bits per heavy atom. The molecule has 0 aliphatic carbocycles. The smallest absolute Gasteiger partial charge is 0.315 e. The van der Waals surface area contributed by atoms with Crippen molar-refractivity contribution in [1.82, 2.24) is 16.1 Å². The molecule has 0 saturated carbocycles. The van der Waals surface area contributed by atoms with Crippen molar-refractivity contribution in [2.24, 2.45) is 0 Å². The second-order valence-corrected chi connectivity index (χ2v) is 6.36. The molecule has 0 heterocycles. The molecule has 0 aromatic heterocycles. The summed E-state index contributed by atoms with van der Waals surface area (Å²) in [7, 11) is 0. The number of carbonyl (C=O) groups excluding carboxylic acids is 2. The van der Waals surface area contributed by atoms with Crippen LogP contribution in [0.15, 0.2) is 48.5 Å². The van der Waals surface area contributed by atoms with E-state index in [1.54, 1.807) is 17.6 Å². The van der Waals surface area contributed by atoms with E-state index in [0.717, 1.165) is 24.0 Å². The largest absolute Gasteiger partial charge is 0.338 e. The van der Waals surface area contributed by atoms with Gasteiger partial charge in [-0.15, -0.1) is 0 Å². The monoisotopic (exact) mass is 369 g/mol. The Hall–Kier alpha value is -2.86. The van der Waals surface area contributed by atoms with Crippen LogP contribution in [0.3, 0.4) is 0 Å². The van der Waals surface area contributed by atoms with E-state index in [-0.39, 0.29) is 6.03 Å². The Kier molecular flexibility index (Phi) is 8.32. The first kappa shape index (κ1) is 20.5. The molecule has 0 aliphatic rings. The Morgan fingerprint density at radius 3 is 2.44 bits per heavy atom. The number of hydrogen-bond donors (Lipinski definition) is 4. The molecule has 6 heteroatoms. The second kappa shape index (κ2) is 11.0. The third-order valence-corrected chi connectivity index (χ3v) is 4.28. The van der Waals surface area contributed by atoms with Gasteiger partial charge in [0, 0.05) is 18.7 Å². The molecule has 2 aromatic carbocycles. The maximum Gasteiger partial charge on any atom is 0.315 e. The van der Waals surface area contributed by atoms with Crippen molar-refractivity contribution >= 4 is 11.9 Å². The molecule has 0 spiro atoms. The summed E-state index contributed by atoms with van der Waals surface area (Å²) in [4.78, 5) is 23.8. The van der Waals surface area contributed by atoms with Crippen LogP contribution in [-0.2, 0) is 6.54 Å². The highest BCUT2D eigenvalue weighted by molar-refractivity contribution is 6.00. The van der Waals surface area contributed by atoms with Gasteiger partial charge in [0.1, 0.15) is 0 Å². The molecule has 0 aliphatic heterocycles. The van der Waals surface area contributed by atoms with Gasteiger partial charge in [0.25, 0.3) is 5.91 Å². The average Bonchev–Trinajstić information content (AvgIpc) is 2.72. The van der Waals surface area contributed by atoms with Crippen molar-refractivity contribution in [3.05, 3.63) is 59.7 Å². The van der Waals surface area contributed by atoms with Crippen LogP contribution in [0.25, 0.3) is 11.1 Å². The second-order valence-electron chi connectivity index (χ2n) is 6.36. The van der Waals surface area contributed by atoms with Gasteiger partial charge in [-0.2, -0.15) is 0 Å². The van der Waals surface area contributed by atoms with Crippen LogP contribution in [0.4, 0.5) is 4.79 Å². The molecule has 0 unspecified atom stereocenters. The van der Waals surface area contributed by atoms with E-state index < -0.39 is 5.91 Å². The lowest BCUT2D eigenvalue weighted by atomic mass is 9.97. The van der Waals surface area contributed by atoms with E-state index in [9.17, 15) is 9.59 Å². The number of hydrogen-bond acceptors (Lipinski definition) is 3. The average molecular weight is 369 g/mol. The topological polar surface area (TPSA) is 90.5 Å². The van der Waals surface area contributed by atoms with Gasteiger partial charge in [-0.25, -0.2) is 10.3 Å². The quantitative estimate of drug-likeness (QED) is 0.307. The van der Waals surface area contributed by atoms with Crippen LogP contribution in [0.2, 0.25) is 0 Å². The lowest BCUT2D eigenvalue weighted by Gasteiger charge is -2.12. The number of carbonyl (C=O) groups is 2. The van der Waals surface area contributed by atoms with Gasteiger partial charge in [-0.1, -0.05) is 62.6 Å². The number of unbranched alkanes of at least 4 members (excludes halogenated alkanes) is 3. The van der Waals surface area contributed by atoms with Crippen molar-refractivity contribution in [2.45, 2.75) is 39.2 Å². The summed E-state index contributed by atoms with van der Waals surface area (Å²) in [6.45, 7) is 3.16. The van der Waals surface area contributed by atoms with E-state index >= 15 is 0 Å². The number of hydroxylamine groups is 1. The molecule has 0 radical (unpaired) electrons. The highest BCUT2D eigenvalue weighted by Crippen LogP contribution is 2.25. The van der Waals surface area contributed by atoms with Gasteiger partial charge in [-0.3, -0.25) is 10.0 Å². The van der Waals surface area contributed by atoms with Gasteiger partial charge in [0.2, 0.25) is 0 Å². The predicted octanol–water partition coefficient (Wildman–Crippen LogP) is 3.85. The summed E-state index contributed by atoms with van der Waals surface area (Å²) >= 11 is 0. The Bertz CT molecular complexity index is 748. The number of nitrogens with one attached hydrogen (secondary N) is 3. The van der Waals surface area contributed by atoms with Crippen LogP contribution < -0.4 is 16.1 Å². The highest BCUT2D eigenvalue weighted by Gasteiger charge is 2.13. The van der Waals surface area contributed by atoms with E-state index in [2.05, 4.69) is 17.6 Å². The summed E-state index contributed by atoms with van der Waals surface area (Å²) in [6, 6.07) is 14.5. The Balaban J connectivity index is 2.01. The standard InChI is InChI=1S/C21H27N3O3/c1-2-3-4-8-13-22-21(26)23-15-16-11-12-18(20(25)24-27)19(14-16)17-9-6-5-7-10-17/h5-7,9-12,14,27H,2-4,8,13,15H2,1H3,(H,24,25)(H2,22,23,26). The first-order valence-corrected chi connectivity index (χ1v) is 9.30. The van der Waals surface area contributed by atoms with Crippen LogP contribution in [0.1, 0.15) is 48.5 Å². The molecule has 6 nitrogen and oxygen atoms in total. The minimum Gasteiger partial charge on any atom is -0.338 e. The fourth-order valence-electron chi connectivity index (χ4n) is 2.81. The van der Waals surface area contributed by atoms with Gasteiger partial charge in [-0.05, 0) is 35.2 Å². The molecule has 2 aromatic rings. The predicted molar refractivity (Wildman–Crippen MR) is 106 cm³/mol. The molecular formula is C21H27N3O3. The lowest BCUT2D eigenvalue weighted by Crippen LogP contribution is -2.35. The molecule has 2 rings (SSSR count). The maximum absolute atomic E-state index is 11.9. The van der Waals surface area contributed by atoms with Gasteiger partial charge in [0.15, 0.2) is 0 Å². The normalized spacial score (nSPS) is 10.3. The lowest BCUT2D eigenvalue weighted by molar-refractivity contribution is 0.0707. The van der Waals surface area contributed by atoms with E-state index in [0.29, 0.717) is 24.2 Å². The van der Waals surface area contributed by atoms with Crippen LogP contribution in [0.5, 0.6) is 0 Å². The molecule has 27 heavy (non-hydrogen) atoms. The summed E-state index contributed by atoms with van der Waals surface area (Å²) in [5.41, 5.74) is 4.47. The van der Waals surface area contributed by atoms with Crippen LogP contribution >= 0.6 is 0 Å². The SMILES string of the molecule is CCCCCCNC(=O)NCc1ccc(C(=O)NO)c(-c2ccccc2)c1. The Morgan fingerprint density at radius 2 is 1.74 bits per heavy atom. The van der Waals surface area contributed by atoms with Gasteiger partial charge in [0.05, 0.1) is 0 Å². The zero-order valence-corrected chi connectivity index (χ0v) is 15.6. The summed E-state index contributed by atoms with van der Waals surface area (Å²) in [5, 5.41) is 14.7. The molecule has 4 N–H and O–H groups in total. The number of rotatable bonds is 9. The fraction of sp³-hybridized carbons (Fsp3) is 0.333. The number of amides is 3. The minimum absolute atomic E-state index is 0.204. The van der Waals surface area contributed by atoms with E-state index in [1.165, 1.54) is 12.8 Å². The van der Waals surface area contributed by atoms with Crippen LogP contribution in [0, 0.1) is 0 Å². The van der Waals surface area contributed by atoms with Crippen LogP contribution in [-0.4, -0.2) is 23.7 Å². The minimum atomic E-state index is -0.571. The van der Waals surface area contributed by atoms with Gasteiger partial charge >= 0.3 is 6.03 Å². The summed E-state index contributed by atoms with van der Waals surface area (Å²) in [6.07, 6.45) is 4.44. The third-order valence-electron chi connectivity index (χ3n) is 4.28. The zero-order valence-electron chi connectivity index (χ0n) is 15.6. The molecule has 0 atom stereocenters. The van der Waals surface area contributed by atoms with E-state index in [1.807, 2.05) is 36.4 Å². The molecule has 0 fully saturated rings. The first-order valence-electron chi connectivity index (χ1n) is 9.30. The molecule has 144 valence electrons. The number of benzene rings is 2. The van der Waals surface area contributed by atoms with Crippen molar-refractivity contribution in [2.75, 3.05) is 6.54 Å². The molecule has 0 saturated heterocycles. The molecule has 0 bridgehead atoms. The maximum atomic E-state index is 11.9. The zero-order chi connectivity index (χ0) is 19.5. The fourth-order valence-corrected chi connectivity index (χ4v) is 2.81. The molecule has 3 amide bonds. The van der Waals surface area contributed by atoms with Crippen molar-refractivity contribution in [3.8, 4) is 11.1 Å². The van der Waals surface area contributed by atoms with Crippen molar-refractivity contribution < 1.29 is 14.8 Å². The Labute approximate surface area is 159 Å². The third kappa shape index (κ3) is 6.42. The van der Waals surface area contributed by atoms with Gasteiger partial charge < -0.3 is 10.6 Å². The number of urea groups is 1. The first-order chi connectivity index (χ1) is 13.2. The summed E-state index contributed by atoms with van der Waals surface area (Å²) < 4.78 is 0. The summed E-state index contributed by atoms with van der Waals surface area (Å²) in [5.74, 6) is -0.571.